The average Bonchev–Trinajstić information content (AvgIpc) is 2.64. The van der Waals surface area contributed by atoms with Gasteiger partial charge >= 0.3 is 0 Å². The number of nitrogens with one attached hydrogen (secondary N) is 1. The topological polar surface area (TPSA) is 64.3 Å². The van der Waals surface area contributed by atoms with Gasteiger partial charge in [-0.25, -0.2) is 0 Å². The third kappa shape index (κ3) is 3.41. The van der Waals surface area contributed by atoms with E-state index in [1.54, 1.807) is 7.11 Å². The molecule has 1 aromatic rings. The molecule has 1 heterocycles. The zero-order valence-electron chi connectivity index (χ0n) is 12.5. The predicted octanol–water partition coefficient (Wildman–Crippen LogP) is 3.63. The SMILES string of the molecule is COc1c(NC(C)C(C)C)sc(C(=O)C(C)C)c1N. The van der Waals surface area contributed by atoms with Crippen LogP contribution in [-0.2, 0) is 0 Å². The molecule has 0 amide bonds. The minimum Gasteiger partial charge on any atom is -0.492 e. The summed E-state index contributed by atoms with van der Waals surface area (Å²) in [5.74, 6) is 1.06. The number of hydrogen-bond acceptors (Lipinski definition) is 5. The third-order valence-electron chi connectivity index (χ3n) is 3.21. The van der Waals surface area contributed by atoms with E-state index in [4.69, 9.17) is 10.5 Å². The summed E-state index contributed by atoms with van der Waals surface area (Å²) in [5, 5.41) is 4.22. The fraction of sp³-hybridized carbons (Fsp3) is 0.643. The minimum absolute atomic E-state index is 0.0612. The fourth-order valence-electron chi connectivity index (χ4n) is 1.55. The molecule has 0 bridgehead atoms. The van der Waals surface area contributed by atoms with Gasteiger partial charge in [-0.1, -0.05) is 27.7 Å². The Morgan fingerprint density at radius 3 is 2.26 bits per heavy atom. The highest BCUT2D eigenvalue weighted by Crippen LogP contribution is 2.43. The van der Waals surface area contributed by atoms with Crippen LogP contribution in [0, 0.1) is 11.8 Å². The molecule has 0 saturated carbocycles. The summed E-state index contributed by atoms with van der Waals surface area (Å²) in [5.41, 5.74) is 6.48. The van der Waals surface area contributed by atoms with Crippen molar-refractivity contribution in [1.82, 2.24) is 0 Å². The standard InChI is InChI=1S/C14H24N2O2S/c1-7(2)9(5)16-14-12(18-6)10(15)13(19-14)11(17)8(3)4/h7-9,16H,15H2,1-6H3. The lowest BCUT2D eigenvalue weighted by molar-refractivity contribution is 0.0944. The average molecular weight is 284 g/mol. The Balaban J connectivity index is 3.12. The van der Waals surface area contributed by atoms with Crippen LogP contribution in [0.25, 0.3) is 0 Å². The molecule has 0 saturated heterocycles. The van der Waals surface area contributed by atoms with E-state index in [2.05, 4.69) is 26.1 Å². The summed E-state index contributed by atoms with van der Waals surface area (Å²) < 4.78 is 5.34. The van der Waals surface area contributed by atoms with Crippen LogP contribution in [0.15, 0.2) is 0 Å². The predicted molar refractivity (Wildman–Crippen MR) is 82.4 cm³/mol. The Labute approximate surface area is 119 Å². The molecule has 108 valence electrons. The van der Waals surface area contributed by atoms with E-state index in [-0.39, 0.29) is 17.7 Å². The van der Waals surface area contributed by atoms with Crippen LogP contribution in [0.4, 0.5) is 10.7 Å². The molecule has 0 aromatic carbocycles. The number of methoxy groups -OCH3 is 1. The first-order valence-electron chi connectivity index (χ1n) is 6.56. The van der Waals surface area contributed by atoms with Crippen molar-refractivity contribution in [2.75, 3.05) is 18.2 Å². The number of thiophene rings is 1. The largest absolute Gasteiger partial charge is 0.492 e. The van der Waals surface area contributed by atoms with Crippen LogP contribution in [0.5, 0.6) is 5.75 Å². The summed E-state index contributed by atoms with van der Waals surface area (Å²) in [4.78, 5) is 12.7. The van der Waals surface area contributed by atoms with E-state index in [0.29, 0.717) is 22.2 Å². The first-order valence-corrected chi connectivity index (χ1v) is 7.38. The van der Waals surface area contributed by atoms with Gasteiger partial charge in [-0.2, -0.15) is 0 Å². The summed E-state index contributed by atoms with van der Waals surface area (Å²) in [6, 6.07) is 0.286. The van der Waals surface area contributed by atoms with Crippen molar-refractivity contribution >= 4 is 27.8 Å². The number of hydrogen-bond donors (Lipinski definition) is 2. The van der Waals surface area contributed by atoms with Crippen molar-refractivity contribution < 1.29 is 9.53 Å². The number of ketones is 1. The number of Topliss-reactive ketones (excluding diaryl/α,β-unsaturated/α-hetero) is 1. The van der Waals surface area contributed by atoms with Crippen molar-refractivity contribution in [3.8, 4) is 5.75 Å². The summed E-state index contributed by atoms with van der Waals surface area (Å²) in [6.45, 7) is 10.1. The molecule has 0 aliphatic rings. The van der Waals surface area contributed by atoms with Crippen LogP contribution in [0.2, 0.25) is 0 Å². The summed E-state index contributed by atoms with van der Waals surface area (Å²) in [7, 11) is 1.58. The van der Waals surface area contributed by atoms with E-state index in [9.17, 15) is 4.79 Å². The van der Waals surface area contributed by atoms with Gasteiger partial charge in [-0.05, 0) is 12.8 Å². The van der Waals surface area contributed by atoms with E-state index in [0.717, 1.165) is 5.00 Å². The normalized spacial score (nSPS) is 12.8. The maximum Gasteiger partial charge on any atom is 0.177 e. The summed E-state index contributed by atoms with van der Waals surface area (Å²) >= 11 is 1.38. The Morgan fingerprint density at radius 2 is 1.84 bits per heavy atom. The lowest BCUT2D eigenvalue weighted by Gasteiger charge is -2.18. The highest BCUT2D eigenvalue weighted by atomic mass is 32.1. The van der Waals surface area contributed by atoms with E-state index in [1.807, 2.05) is 13.8 Å². The molecule has 1 aromatic heterocycles. The van der Waals surface area contributed by atoms with Gasteiger partial charge in [0.1, 0.15) is 5.00 Å². The van der Waals surface area contributed by atoms with E-state index in [1.165, 1.54) is 11.3 Å². The molecule has 0 aliphatic heterocycles. The Morgan fingerprint density at radius 1 is 1.26 bits per heavy atom. The lowest BCUT2D eigenvalue weighted by atomic mass is 10.1. The summed E-state index contributed by atoms with van der Waals surface area (Å²) in [6.07, 6.45) is 0. The molecule has 1 unspecified atom stereocenters. The number of nitrogens with two attached hydrogens (primary N) is 1. The van der Waals surface area contributed by atoms with Crippen molar-refractivity contribution in [3.05, 3.63) is 4.88 Å². The van der Waals surface area contributed by atoms with Crippen LogP contribution in [0.1, 0.15) is 44.3 Å². The van der Waals surface area contributed by atoms with Crippen LogP contribution < -0.4 is 15.8 Å². The second-order valence-corrected chi connectivity index (χ2v) is 6.42. The molecule has 1 rings (SSSR count). The van der Waals surface area contributed by atoms with Crippen molar-refractivity contribution in [2.45, 2.75) is 40.7 Å². The molecule has 4 nitrogen and oxygen atoms in total. The molecular formula is C14H24N2O2S. The molecule has 0 fully saturated rings. The molecular weight excluding hydrogens is 260 g/mol. The number of ether oxygens (including phenoxy) is 1. The first kappa shape index (κ1) is 15.8. The molecule has 0 aliphatic carbocycles. The first-order chi connectivity index (χ1) is 8.79. The van der Waals surface area contributed by atoms with Gasteiger partial charge in [0.2, 0.25) is 0 Å². The zero-order chi connectivity index (χ0) is 14.7. The van der Waals surface area contributed by atoms with Gasteiger partial charge in [0.25, 0.3) is 0 Å². The molecule has 3 N–H and O–H groups in total. The van der Waals surface area contributed by atoms with Crippen molar-refractivity contribution in [3.63, 3.8) is 0 Å². The molecule has 5 heteroatoms. The van der Waals surface area contributed by atoms with E-state index >= 15 is 0 Å². The van der Waals surface area contributed by atoms with E-state index < -0.39 is 0 Å². The zero-order valence-corrected chi connectivity index (χ0v) is 13.4. The number of anilines is 2. The second-order valence-electron chi connectivity index (χ2n) is 5.40. The maximum atomic E-state index is 12.1. The smallest absolute Gasteiger partial charge is 0.177 e. The molecule has 19 heavy (non-hydrogen) atoms. The van der Waals surface area contributed by atoms with Gasteiger partial charge in [-0.3, -0.25) is 4.79 Å². The quantitative estimate of drug-likeness (QED) is 0.783. The third-order valence-corrected chi connectivity index (χ3v) is 4.34. The van der Waals surface area contributed by atoms with Gasteiger partial charge in [0.15, 0.2) is 11.5 Å². The maximum absolute atomic E-state index is 12.1. The fourth-order valence-corrected chi connectivity index (χ4v) is 2.82. The van der Waals surface area contributed by atoms with Crippen LogP contribution >= 0.6 is 11.3 Å². The van der Waals surface area contributed by atoms with Gasteiger partial charge < -0.3 is 15.8 Å². The number of nitrogen functional groups attached to an aromatic ring is 1. The molecule has 0 radical (unpaired) electrons. The van der Waals surface area contributed by atoms with Crippen LogP contribution in [0.3, 0.4) is 0 Å². The van der Waals surface area contributed by atoms with Crippen molar-refractivity contribution in [2.24, 2.45) is 11.8 Å². The number of rotatable bonds is 6. The Kier molecular flexibility index (Phi) is 5.23. The Bertz CT molecular complexity index is 453. The van der Waals surface area contributed by atoms with Crippen molar-refractivity contribution in [1.29, 1.82) is 0 Å². The Hall–Kier alpha value is -1.23. The number of carbonyl (C=O) groups is 1. The monoisotopic (exact) mass is 284 g/mol. The minimum atomic E-state index is -0.0685. The van der Waals surface area contributed by atoms with Gasteiger partial charge in [0.05, 0.1) is 17.7 Å². The second kappa shape index (κ2) is 6.28. The van der Waals surface area contributed by atoms with Gasteiger partial charge in [0, 0.05) is 12.0 Å². The highest BCUT2D eigenvalue weighted by molar-refractivity contribution is 7.19. The lowest BCUT2D eigenvalue weighted by Crippen LogP contribution is -2.21. The highest BCUT2D eigenvalue weighted by Gasteiger charge is 2.24. The van der Waals surface area contributed by atoms with Crippen LogP contribution in [-0.4, -0.2) is 18.9 Å². The molecule has 0 spiro atoms. The molecule has 1 atom stereocenters. The number of carbonyl (C=O) groups excluding carboxylic acids is 1. The van der Waals surface area contributed by atoms with Gasteiger partial charge in [-0.15, -0.1) is 11.3 Å².